The zero-order valence-corrected chi connectivity index (χ0v) is 15.3. The lowest BCUT2D eigenvalue weighted by Gasteiger charge is -2.52. The molecule has 0 spiro atoms. The molecular formula is C18H25NO6. The van der Waals surface area contributed by atoms with Crippen LogP contribution in [0.1, 0.15) is 26.3 Å². The minimum atomic E-state index is -1.23. The van der Waals surface area contributed by atoms with Crippen LogP contribution in [0.15, 0.2) is 30.3 Å². The number of hydrogen-bond acceptors (Lipinski definition) is 6. The molecule has 0 aliphatic carbocycles. The monoisotopic (exact) mass is 351 g/mol. The van der Waals surface area contributed by atoms with Gasteiger partial charge in [0.2, 0.25) is 5.79 Å². The van der Waals surface area contributed by atoms with Crippen molar-refractivity contribution < 1.29 is 28.5 Å². The molecular weight excluding hydrogens is 326 g/mol. The van der Waals surface area contributed by atoms with E-state index in [2.05, 4.69) is 0 Å². The molecule has 0 saturated carbocycles. The van der Waals surface area contributed by atoms with E-state index in [1.807, 2.05) is 30.3 Å². The normalized spacial score (nSPS) is 19.1. The summed E-state index contributed by atoms with van der Waals surface area (Å²) >= 11 is 0. The Labute approximate surface area is 147 Å². The molecule has 1 aromatic carbocycles. The van der Waals surface area contributed by atoms with E-state index in [0.29, 0.717) is 0 Å². The molecule has 1 aromatic rings. The summed E-state index contributed by atoms with van der Waals surface area (Å²) in [6, 6.07) is 8.25. The first-order valence-electron chi connectivity index (χ1n) is 8.03. The lowest BCUT2D eigenvalue weighted by atomic mass is 9.95. The number of hydrogen-bond donors (Lipinski definition) is 0. The van der Waals surface area contributed by atoms with E-state index < -0.39 is 29.5 Å². The zero-order valence-electron chi connectivity index (χ0n) is 15.3. The molecule has 0 aromatic heterocycles. The van der Waals surface area contributed by atoms with Gasteiger partial charge in [0.15, 0.2) is 6.04 Å². The van der Waals surface area contributed by atoms with Crippen molar-refractivity contribution in [2.45, 2.75) is 44.8 Å². The van der Waals surface area contributed by atoms with Gasteiger partial charge in [0, 0.05) is 14.2 Å². The Kier molecular flexibility index (Phi) is 5.69. The lowest BCUT2D eigenvalue weighted by molar-refractivity contribution is -0.299. The number of carbonyl (C=O) groups is 2. The molecule has 1 aliphatic heterocycles. The van der Waals surface area contributed by atoms with Gasteiger partial charge in [-0.25, -0.2) is 9.59 Å². The van der Waals surface area contributed by atoms with Crippen molar-refractivity contribution in [1.29, 1.82) is 0 Å². The number of amides is 1. The third-order valence-electron chi connectivity index (χ3n) is 3.89. The van der Waals surface area contributed by atoms with E-state index in [1.54, 1.807) is 20.8 Å². The molecule has 1 aliphatic rings. The van der Waals surface area contributed by atoms with E-state index in [9.17, 15) is 9.59 Å². The van der Waals surface area contributed by atoms with Gasteiger partial charge in [0.1, 0.15) is 12.2 Å². The fourth-order valence-corrected chi connectivity index (χ4v) is 2.58. The maximum Gasteiger partial charge on any atom is 0.411 e. The van der Waals surface area contributed by atoms with Crippen LogP contribution in [0.5, 0.6) is 0 Å². The van der Waals surface area contributed by atoms with Crippen molar-refractivity contribution in [3.05, 3.63) is 35.9 Å². The van der Waals surface area contributed by atoms with Crippen molar-refractivity contribution in [3.8, 4) is 0 Å². The van der Waals surface area contributed by atoms with Crippen molar-refractivity contribution in [3.63, 3.8) is 0 Å². The van der Waals surface area contributed by atoms with Gasteiger partial charge in [-0.3, -0.25) is 4.90 Å². The van der Waals surface area contributed by atoms with Crippen LogP contribution in [-0.2, 0) is 30.3 Å². The van der Waals surface area contributed by atoms with Crippen molar-refractivity contribution in [2.24, 2.45) is 0 Å². The third kappa shape index (κ3) is 4.29. The molecule has 7 nitrogen and oxygen atoms in total. The van der Waals surface area contributed by atoms with E-state index in [0.717, 1.165) is 5.56 Å². The lowest BCUT2D eigenvalue weighted by Crippen LogP contribution is -2.75. The highest BCUT2D eigenvalue weighted by Gasteiger charge is 2.62. The van der Waals surface area contributed by atoms with Crippen LogP contribution in [0.2, 0.25) is 0 Å². The predicted molar refractivity (Wildman–Crippen MR) is 89.7 cm³/mol. The Morgan fingerprint density at radius 1 is 1.16 bits per heavy atom. The second-order valence-electron chi connectivity index (χ2n) is 6.82. The molecule has 7 heteroatoms. The molecule has 1 unspecified atom stereocenters. The highest BCUT2D eigenvalue weighted by atomic mass is 16.7. The summed E-state index contributed by atoms with van der Waals surface area (Å²) < 4.78 is 21.4. The largest absolute Gasteiger partial charge is 0.459 e. The fraction of sp³-hybridized carbons (Fsp3) is 0.556. The maximum absolute atomic E-state index is 12.6. The highest BCUT2D eigenvalue weighted by molar-refractivity contribution is 5.85. The number of benzene rings is 1. The van der Waals surface area contributed by atoms with Gasteiger partial charge in [-0.1, -0.05) is 30.3 Å². The summed E-state index contributed by atoms with van der Waals surface area (Å²) in [7, 11) is 2.85. The van der Waals surface area contributed by atoms with E-state index in [4.69, 9.17) is 18.9 Å². The first-order valence-corrected chi connectivity index (χ1v) is 8.03. The van der Waals surface area contributed by atoms with Crippen LogP contribution < -0.4 is 0 Å². The number of likely N-dealkylation sites (tertiary alicyclic amines) is 1. The summed E-state index contributed by atoms with van der Waals surface area (Å²) in [6.07, 6.45) is -0.612. The van der Waals surface area contributed by atoms with Crippen LogP contribution in [-0.4, -0.2) is 55.2 Å². The maximum atomic E-state index is 12.6. The Morgan fingerprint density at radius 3 is 2.28 bits per heavy atom. The Balaban J connectivity index is 2.09. The molecule has 1 amide bonds. The van der Waals surface area contributed by atoms with Crippen LogP contribution in [0.25, 0.3) is 0 Å². The van der Waals surface area contributed by atoms with Gasteiger partial charge in [-0.15, -0.1) is 0 Å². The average Bonchev–Trinajstić information content (AvgIpc) is 2.52. The van der Waals surface area contributed by atoms with Crippen molar-refractivity contribution >= 4 is 12.1 Å². The third-order valence-corrected chi connectivity index (χ3v) is 3.89. The standard InChI is InChI=1S/C18H25NO6/c1-17(2,3)25-16(21)19-12-18(22-4,23-5)14(19)15(20)24-11-13-9-7-6-8-10-13/h6-10,14H,11-12H2,1-5H3. The summed E-state index contributed by atoms with van der Waals surface area (Å²) in [5.74, 6) is -1.84. The molecule has 0 radical (unpaired) electrons. The Morgan fingerprint density at radius 2 is 1.76 bits per heavy atom. The number of nitrogens with zero attached hydrogens (tertiary/aromatic N) is 1. The van der Waals surface area contributed by atoms with Crippen molar-refractivity contribution in [2.75, 3.05) is 20.8 Å². The van der Waals surface area contributed by atoms with Gasteiger partial charge in [-0.2, -0.15) is 0 Å². The molecule has 1 heterocycles. The van der Waals surface area contributed by atoms with Gasteiger partial charge < -0.3 is 18.9 Å². The van der Waals surface area contributed by atoms with Crippen LogP contribution in [0.4, 0.5) is 4.79 Å². The molecule has 1 saturated heterocycles. The summed E-state index contributed by atoms with van der Waals surface area (Å²) in [6.45, 7) is 5.45. The minimum absolute atomic E-state index is 0.0834. The first-order chi connectivity index (χ1) is 11.7. The van der Waals surface area contributed by atoms with E-state index >= 15 is 0 Å². The molecule has 0 N–H and O–H groups in total. The van der Waals surface area contributed by atoms with Gasteiger partial charge in [0.05, 0.1) is 6.54 Å². The minimum Gasteiger partial charge on any atom is -0.459 e. The van der Waals surface area contributed by atoms with Gasteiger partial charge in [-0.05, 0) is 26.3 Å². The number of methoxy groups -OCH3 is 2. The van der Waals surface area contributed by atoms with Gasteiger partial charge >= 0.3 is 12.1 Å². The predicted octanol–water partition coefficient (Wildman–Crippen LogP) is 2.34. The second kappa shape index (κ2) is 7.41. The van der Waals surface area contributed by atoms with E-state index in [1.165, 1.54) is 19.1 Å². The highest BCUT2D eigenvalue weighted by Crippen LogP contribution is 2.35. The number of carbonyl (C=O) groups excluding carboxylic acids is 2. The van der Waals surface area contributed by atoms with Crippen LogP contribution in [0, 0.1) is 0 Å². The van der Waals surface area contributed by atoms with Crippen LogP contribution >= 0.6 is 0 Å². The number of ether oxygens (including phenoxy) is 4. The Bertz CT molecular complexity index is 606. The average molecular weight is 351 g/mol. The van der Waals surface area contributed by atoms with E-state index in [-0.39, 0.29) is 13.2 Å². The summed E-state index contributed by atoms with van der Waals surface area (Å²) in [4.78, 5) is 26.2. The number of esters is 1. The molecule has 1 atom stereocenters. The molecule has 0 bridgehead atoms. The number of rotatable bonds is 5. The van der Waals surface area contributed by atoms with Crippen molar-refractivity contribution in [1.82, 2.24) is 4.90 Å². The van der Waals surface area contributed by atoms with Crippen LogP contribution in [0.3, 0.4) is 0 Å². The summed E-state index contributed by atoms with van der Waals surface area (Å²) in [5.41, 5.74) is 0.174. The summed E-state index contributed by atoms with van der Waals surface area (Å²) in [5, 5.41) is 0. The Hall–Kier alpha value is -2.12. The SMILES string of the molecule is COC1(OC)CN(C(=O)OC(C)(C)C)C1C(=O)OCc1ccccc1. The molecule has 1 fully saturated rings. The first kappa shape index (κ1) is 19.2. The second-order valence-corrected chi connectivity index (χ2v) is 6.82. The fourth-order valence-electron chi connectivity index (χ4n) is 2.58. The van der Waals surface area contributed by atoms with Gasteiger partial charge in [0.25, 0.3) is 0 Å². The molecule has 2 rings (SSSR count). The molecule has 25 heavy (non-hydrogen) atoms. The topological polar surface area (TPSA) is 74.3 Å². The quantitative estimate of drug-likeness (QED) is 0.599. The zero-order chi connectivity index (χ0) is 18.7. The smallest absolute Gasteiger partial charge is 0.411 e. The molecule has 138 valence electrons.